The first-order valence-corrected chi connectivity index (χ1v) is 13.6. The van der Waals surface area contributed by atoms with Crippen LogP contribution < -0.4 is 10.2 Å². The summed E-state index contributed by atoms with van der Waals surface area (Å²) in [5.74, 6) is 1.82. The number of hydrogen-bond donors (Lipinski definition) is 1. The Bertz CT molecular complexity index is 1390. The number of hydrogen-bond acceptors (Lipinski definition) is 7. The number of nitrogens with zero attached hydrogens (tertiary/aromatic N) is 5. The highest BCUT2D eigenvalue weighted by atomic mass is 32.1. The van der Waals surface area contributed by atoms with E-state index in [-0.39, 0.29) is 5.91 Å². The molecule has 7 nitrogen and oxygen atoms in total. The first-order chi connectivity index (χ1) is 17.7. The molecule has 4 heterocycles. The van der Waals surface area contributed by atoms with E-state index in [2.05, 4.69) is 33.1 Å². The molecule has 0 spiro atoms. The molecule has 1 aliphatic heterocycles. The third-order valence-corrected chi connectivity index (χ3v) is 8.36. The van der Waals surface area contributed by atoms with Crippen molar-refractivity contribution in [3.05, 3.63) is 64.8 Å². The maximum Gasteiger partial charge on any atom is 0.238 e. The molecule has 0 bridgehead atoms. The lowest BCUT2D eigenvalue weighted by Gasteiger charge is -2.35. The Kier molecular flexibility index (Phi) is 6.37. The maximum atomic E-state index is 12.8. The average molecular weight is 499 g/mol. The molecule has 3 aromatic heterocycles. The summed E-state index contributed by atoms with van der Waals surface area (Å²) in [5.41, 5.74) is 4.47. The van der Waals surface area contributed by atoms with E-state index in [4.69, 9.17) is 9.97 Å². The molecule has 0 radical (unpaired) electrons. The third-order valence-electron chi connectivity index (χ3n) is 7.18. The number of benzene rings is 1. The van der Waals surface area contributed by atoms with E-state index in [0.717, 1.165) is 78.7 Å². The molecule has 1 fully saturated rings. The van der Waals surface area contributed by atoms with Gasteiger partial charge >= 0.3 is 0 Å². The van der Waals surface area contributed by atoms with Crippen LogP contribution in [0.5, 0.6) is 0 Å². The lowest BCUT2D eigenvalue weighted by molar-refractivity contribution is -0.117. The van der Waals surface area contributed by atoms with Crippen LogP contribution in [0.3, 0.4) is 0 Å². The molecule has 36 heavy (non-hydrogen) atoms. The molecule has 1 aromatic carbocycles. The van der Waals surface area contributed by atoms with E-state index in [9.17, 15) is 4.79 Å². The van der Waals surface area contributed by atoms with E-state index in [1.165, 1.54) is 22.2 Å². The fourth-order valence-electron chi connectivity index (χ4n) is 5.29. The minimum Gasteiger partial charge on any atom is -0.353 e. The SMILES string of the molecule is CCc1ccccc1NC(=O)CN1CCN(c2nc(-c3cccnc3)nc3sc4c(c23)CCC4)CC1. The molecule has 0 saturated carbocycles. The Hall–Kier alpha value is -3.36. The summed E-state index contributed by atoms with van der Waals surface area (Å²) in [6.07, 6.45) is 7.97. The van der Waals surface area contributed by atoms with E-state index >= 15 is 0 Å². The molecule has 1 aliphatic carbocycles. The van der Waals surface area contributed by atoms with Crippen molar-refractivity contribution in [1.82, 2.24) is 19.9 Å². The van der Waals surface area contributed by atoms with Crippen molar-refractivity contribution in [3.63, 3.8) is 0 Å². The summed E-state index contributed by atoms with van der Waals surface area (Å²) < 4.78 is 0. The topological polar surface area (TPSA) is 74.2 Å². The number of fused-ring (bicyclic) bond motifs is 3. The van der Waals surface area contributed by atoms with Crippen molar-refractivity contribution in [2.75, 3.05) is 42.9 Å². The van der Waals surface area contributed by atoms with Crippen molar-refractivity contribution >= 4 is 39.0 Å². The van der Waals surface area contributed by atoms with Gasteiger partial charge in [-0.2, -0.15) is 0 Å². The number of nitrogens with one attached hydrogen (secondary N) is 1. The van der Waals surface area contributed by atoms with Gasteiger partial charge in [-0.25, -0.2) is 9.97 Å². The molecule has 1 N–H and O–H groups in total. The summed E-state index contributed by atoms with van der Waals surface area (Å²) in [6.45, 7) is 5.83. The van der Waals surface area contributed by atoms with Crippen LogP contribution in [0.4, 0.5) is 11.5 Å². The lowest BCUT2D eigenvalue weighted by atomic mass is 10.1. The van der Waals surface area contributed by atoms with Gasteiger partial charge in [-0.3, -0.25) is 14.7 Å². The standard InChI is InChI=1S/C28H30N6OS/c1-2-19-7-3-4-10-22(19)30-24(35)18-33-13-15-34(16-14-33)27-25-21-9-5-11-23(21)36-28(25)32-26(31-27)20-8-6-12-29-17-20/h3-4,6-8,10,12,17H,2,5,9,11,13-16,18H2,1H3,(H,30,35). The van der Waals surface area contributed by atoms with Gasteiger partial charge in [0, 0.05) is 54.7 Å². The van der Waals surface area contributed by atoms with Crippen LogP contribution in [0.25, 0.3) is 21.6 Å². The van der Waals surface area contributed by atoms with E-state index in [1.807, 2.05) is 47.9 Å². The van der Waals surface area contributed by atoms with Crippen LogP contribution in [0.2, 0.25) is 0 Å². The zero-order chi connectivity index (χ0) is 24.5. The maximum absolute atomic E-state index is 12.8. The van der Waals surface area contributed by atoms with Crippen LogP contribution in [0, 0.1) is 0 Å². The molecule has 1 amide bonds. The molecule has 184 valence electrons. The second-order valence-corrected chi connectivity index (χ2v) is 10.6. The van der Waals surface area contributed by atoms with Gasteiger partial charge in [0.15, 0.2) is 5.82 Å². The smallest absolute Gasteiger partial charge is 0.238 e. The van der Waals surface area contributed by atoms with Crippen molar-refractivity contribution in [3.8, 4) is 11.4 Å². The number of para-hydroxylation sites is 1. The fraction of sp³-hybridized carbons (Fsp3) is 0.357. The normalized spacial score (nSPS) is 15.9. The number of amides is 1. The minimum atomic E-state index is 0.0447. The molecular formula is C28H30N6OS. The summed E-state index contributed by atoms with van der Waals surface area (Å²) >= 11 is 1.82. The van der Waals surface area contributed by atoms with E-state index in [1.54, 1.807) is 6.20 Å². The van der Waals surface area contributed by atoms with Crippen molar-refractivity contribution < 1.29 is 4.79 Å². The highest BCUT2D eigenvalue weighted by molar-refractivity contribution is 7.19. The predicted molar refractivity (Wildman–Crippen MR) is 146 cm³/mol. The lowest BCUT2D eigenvalue weighted by Crippen LogP contribution is -2.49. The molecule has 0 atom stereocenters. The van der Waals surface area contributed by atoms with Crippen LogP contribution in [-0.4, -0.2) is 58.5 Å². The largest absolute Gasteiger partial charge is 0.353 e. The summed E-state index contributed by atoms with van der Waals surface area (Å²) in [7, 11) is 0. The number of aryl methyl sites for hydroxylation is 3. The number of pyridine rings is 1. The number of anilines is 2. The Labute approximate surface area is 215 Å². The average Bonchev–Trinajstić information content (AvgIpc) is 3.51. The van der Waals surface area contributed by atoms with E-state index in [0.29, 0.717) is 6.54 Å². The van der Waals surface area contributed by atoms with Gasteiger partial charge in [-0.15, -0.1) is 11.3 Å². The van der Waals surface area contributed by atoms with Crippen LogP contribution in [0.1, 0.15) is 29.3 Å². The minimum absolute atomic E-state index is 0.0447. The molecule has 8 heteroatoms. The highest BCUT2D eigenvalue weighted by Gasteiger charge is 2.27. The monoisotopic (exact) mass is 498 g/mol. The van der Waals surface area contributed by atoms with Crippen molar-refractivity contribution in [1.29, 1.82) is 0 Å². The predicted octanol–water partition coefficient (Wildman–Crippen LogP) is 4.57. The van der Waals surface area contributed by atoms with Crippen LogP contribution in [0.15, 0.2) is 48.8 Å². The Morgan fingerprint density at radius 1 is 1.06 bits per heavy atom. The zero-order valence-corrected chi connectivity index (χ0v) is 21.4. The van der Waals surface area contributed by atoms with E-state index < -0.39 is 0 Å². The van der Waals surface area contributed by atoms with Crippen LogP contribution in [-0.2, 0) is 24.1 Å². The second kappa shape index (κ2) is 9.95. The Morgan fingerprint density at radius 3 is 2.72 bits per heavy atom. The molecule has 1 saturated heterocycles. The number of carbonyl (C=O) groups excluding carboxylic acids is 1. The number of piperazine rings is 1. The van der Waals surface area contributed by atoms with Gasteiger partial charge in [0.25, 0.3) is 0 Å². The summed E-state index contributed by atoms with van der Waals surface area (Å²) in [6, 6.07) is 12.0. The van der Waals surface area contributed by atoms with Gasteiger partial charge in [0.1, 0.15) is 10.6 Å². The first kappa shape index (κ1) is 23.1. The summed E-state index contributed by atoms with van der Waals surface area (Å²) in [5, 5.41) is 4.35. The Balaban J connectivity index is 1.20. The van der Waals surface area contributed by atoms with Gasteiger partial charge in [-0.05, 0) is 55.0 Å². The van der Waals surface area contributed by atoms with Crippen molar-refractivity contribution in [2.24, 2.45) is 0 Å². The first-order valence-electron chi connectivity index (χ1n) is 12.8. The fourth-order valence-corrected chi connectivity index (χ4v) is 6.55. The molecule has 6 rings (SSSR count). The van der Waals surface area contributed by atoms with Gasteiger partial charge < -0.3 is 10.2 Å². The number of thiophene rings is 1. The Morgan fingerprint density at radius 2 is 1.92 bits per heavy atom. The summed E-state index contributed by atoms with van der Waals surface area (Å²) in [4.78, 5) is 34.3. The molecule has 0 unspecified atom stereocenters. The quantitative estimate of drug-likeness (QED) is 0.420. The van der Waals surface area contributed by atoms with Gasteiger partial charge in [0.2, 0.25) is 5.91 Å². The highest BCUT2D eigenvalue weighted by Crippen LogP contribution is 2.41. The number of aromatic nitrogens is 3. The molecular weight excluding hydrogens is 468 g/mol. The molecule has 4 aromatic rings. The number of carbonyl (C=O) groups is 1. The molecule has 2 aliphatic rings. The number of rotatable bonds is 6. The van der Waals surface area contributed by atoms with Crippen LogP contribution >= 0.6 is 11.3 Å². The van der Waals surface area contributed by atoms with Crippen molar-refractivity contribution in [2.45, 2.75) is 32.6 Å². The zero-order valence-electron chi connectivity index (χ0n) is 20.5. The third kappa shape index (κ3) is 4.47. The van der Waals surface area contributed by atoms with Gasteiger partial charge in [0.05, 0.1) is 11.9 Å². The second-order valence-electron chi connectivity index (χ2n) is 9.47. The van der Waals surface area contributed by atoms with Gasteiger partial charge in [-0.1, -0.05) is 25.1 Å².